The van der Waals surface area contributed by atoms with Crippen LogP contribution in [-0.4, -0.2) is 37.5 Å². The lowest BCUT2D eigenvalue weighted by atomic mass is 9.98. The number of nitrogens with one attached hydrogen (secondary N) is 1. The van der Waals surface area contributed by atoms with E-state index in [-0.39, 0.29) is 17.7 Å². The van der Waals surface area contributed by atoms with E-state index in [2.05, 4.69) is 5.32 Å². The van der Waals surface area contributed by atoms with E-state index in [4.69, 9.17) is 9.47 Å². The van der Waals surface area contributed by atoms with E-state index in [1.54, 1.807) is 38.5 Å². The summed E-state index contributed by atoms with van der Waals surface area (Å²) < 4.78 is 10.8. The number of benzene rings is 2. The molecule has 4 rings (SSSR count). The highest BCUT2D eigenvalue weighted by Gasteiger charge is 2.29. The topological polar surface area (TPSA) is 67.9 Å². The Morgan fingerprint density at radius 3 is 2.25 bits per heavy atom. The van der Waals surface area contributed by atoms with E-state index in [0.29, 0.717) is 30.2 Å². The lowest BCUT2D eigenvalue weighted by molar-refractivity contribution is -0.117. The van der Waals surface area contributed by atoms with Crippen LogP contribution in [0.2, 0.25) is 0 Å². The van der Waals surface area contributed by atoms with Crippen molar-refractivity contribution >= 4 is 17.5 Å². The summed E-state index contributed by atoms with van der Waals surface area (Å²) in [5.41, 5.74) is 3.60. The van der Waals surface area contributed by atoms with Crippen molar-refractivity contribution in [1.82, 2.24) is 4.90 Å². The third-order valence-electron chi connectivity index (χ3n) is 5.35. The van der Waals surface area contributed by atoms with Gasteiger partial charge in [0.15, 0.2) is 11.5 Å². The van der Waals surface area contributed by atoms with Crippen LogP contribution in [0.4, 0.5) is 5.69 Å². The first-order chi connectivity index (χ1) is 13.6. The molecule has 2 aromatic carbocycles. The number of anilines is 1. The van der Waals surface area contributed by atoms with Crippen molar-refractivity contribution in [3.63, 3.8) is 0 Å². The molecule has 0 spiro atoms. The molecule has 1 N–H and O–H groups in total. The third-order valence-corrected chi connectivity index (χ3v) is 5.35. The molecule has 1 saturated carbocycles. The molecule has 0 saturated heterocycles. The van der Waals surface area contributed by atoms with Crippen molar-refractivity contribution in [2.24, 2.45) is 5.92 Å². The third kappa shape index (κ3) is 3.67. The average Bonchev–Trinajstić information content (AvgIpc) is 3.58. The first-order valence-electron chi connectivity index (χ1n) is 9.53. The standard InChI is InChI=1S/C22H24N2O4/c1-27-19-11-16-9-10-24(13-17(16)12-20(19)28-2)22(26)15-5-7-18(8-6-15)23-21(25)14-3-4-14/h5-8,11-12,14H,3-4,9-10,13H2,1-2H3,(H,23,25). The summed E-state index contributed by atoms with van der Waals surface area (Å²) >= 11 is 0. The van der Waals surface area contributed by atoms with Gasteiger partial charge in [-0.05, 0) is 66.8 Å². The Kier molecular flexibility index (Phi) is 4.94. The summed E-state index contributed by atoms with van der Waals surface area (Å²) in [7, 11) is 3.24. The molecule has 6 heteroatoms. The van der Waals surface area contributed by atoms with Crippen LogP contribution in [0, 0.1) is 5.92 Å². The summed E-state index contributed by atoms with van der Waals surface area (Å²) in [6.07, 6.45) is 2.71. The summed E-state index contributed by atoms with van der Waals surface area (Å²) in [5, 5.41) is 2.90. The Morgan fingerprint density at radius 1 is 1.00 bits per heavy atom. The van der Waals surface area contributed by atoms with Gasteiger partial charge in [0.1, 0.15) is 0 Å². The van der Waals surface area contributed by atoms with E-state index in [1.807, 2.05) is 17.0 Å². The van der Waals surface area contributed by atoms with Gasteiger partial charge in [0, 0.05) is 30.3 Å². The van der Waals surface area contributed by atoms with Crippen LogP contribution >= 0.6 is 0 Å². The van der Waals surface area contributed by atoms with Crippen LogP contribution in [0.25, 0.3) is 0 Å². The van der Waals surface area contributed by atoms with E-state index in [9.17, 15) is 9.59 Å². The number of methoxy groups -OCH3 is 2. The first-order valence-corrected chi connectivity index (χ1v) is 9.53. The molecule has 6 nitrogen and oxygen atoms in total. The lowest BCUT2D eigenvalue weighted by Crippen LogP contribution is -2.36. The SMILES string of the molecule is COc1cc2c(cc1OC)CN(C(=O)c1ccc(NC(=O)C3CC3)cc1)CC2. The quantitative estimate of drug-likeness (QED) is 0.865. The second kappa shape index (κ2) is 7.54. The Balaban J connectivity index is 1.46. The fourth-order valence-electron chi connectivity index (χ4n) is 3.53. The van der Waals surface area contributed by atoms with Gasteiger partial charge in [0.25, 0.3) is 5.91 Å². The van der Waals surface area contributed by atoms with Crippen molar-refractivity contribution in [1.29, 1.82) is 0 Å². The van der Waals surface area contributed by atoms with Crippen molar-refractivity contribution in [2.75, 3.05) is 26.1 Å². The van der Waals surface area contributed by atoms with Gasteiger partial charge in [-0.1, -0.05) is 0 Å². The number of amides is 2. The zero-order valence-corrected chi connectivity index (χ0v) is 16.2. The van der Waals surface area contributed by atoms with Gasteiger partial charge >= 0.3 is 0 Å². The number of carbonyl (C=O) groups excluding carboxylic acids is 2. The predicted molar refractivity (Wildman–Crippen MR) is 106 cm³/mol. The Labute approximate surface area is 164 Å². The van der Waals surface area contributed by atoms with Crippen molar-refractivity contribution in [3.8, 4) is 11.5 Å². The van der Waals surface area contributed by atoms with Gasteiger partial charge in [-0.3, -0.25) is 9.59 Å². The van der Waals surface area contributed by atoms with E-state index < -0.39 is 0 Å². The molecule has 0 aromatic heterocycles. The molecule has 146 valence electrons. The molecule has 1 fully saturated rings. The number of fused-ring (bicyclic) bond motifs is 1. The van der Waals surface area contributed by atoms with Crippen molar-refractivity contribution in [3.05, 3.63) is 53.1 Å². The largest absolute Gasteiger partial charge is 0.493 e. The molecule has 0 radical (unpaired) electrons. The molecule has 0 unspecified atom stereocenters. The molecule has 1 heterocycles. The van der Waals surface area contributed by atoms with Gasteiger partial charge in [-0.15, -0.1) is 0 Å². The minimum Gasteiger partial charge on any atom is -0.493 e. The van der Waals surface area contributed by atoms with Gasteiger partial charge in [0.2, 0.25) is 5.91 Å². The minimum atomic E-state index is -0.0134. The summed E-state index contributed by atoms with van der Waals surface area (Å²) in [5.74, 6) is 1.60. The molecule has 28 heavy (non-hydrogen) atoms. The number of ether oxygens (including phenoxy) is 2. The lowest BCUT2D eigenvalue weighted by Gasteiger charge is -2.29. The van der Waals surface area contributed by atoms with E-state index in [0.717, 1.165) is 30.5 Å². The Morgan fingerprint density at radius 2 is 1.64 bits per heavy atom. The molecule has 0 atom stereocenters. The maximum Gasteiger partial charge on any atom is 0.254 e. The smallest absolute Gasteiger partial charge is 0.254 e. The summed E-state index contributed by atoms with van der Waals surface area (Å²) in [6.45, 7) is 1.19. The molecular weight excluding hydrogens is 356 g/mol. The molecule has 2 amide bonds. The number of rotatable bonds is 5. The molecule has 0 bridgehead atoms. The summed E-state index contributed by atoms with van der Waals surface area (Å²) in [6, 6.07) is 11.1. The number of carbonyl (C=O) groups is 2. The fraction of sp³-hybridized carbons (Fsp3) is 0.364. The molecule has 2 aliphatic rings. The second-order valence-electron chi connectivity index (χ2n) is 7.29. The highest BCUT2D eigenvalue weighted by Crippen LogP contribution is 2.33. The van der Waals surface area contributed by atoms with E-state index >= 15 is 0 Å². The van der Waals surface area contributed by atoms with Crippen LogP contribution in [-0.2, 0) is 17.8 Å². The maximum absolute atomic E-state index is 12.9. The monoisotopic (exact) mass is 380 g/mol. The second-order valence-corrected chi connectivity index (χ2v) is 7.29. The first kappa shape index (κ1) is 18.3. The number of hydrogen-bond donors (Lipinski definition) is 1. The normalized spacial score (nSPS) is 15.6. The van der Waals surface area contributed by atoms with Gasteiger partial charge < -0.3 is 19.7 Å². The fourth-order valence-corrected chi connectivity index (χ4v) is 3.53. The Bertz CT molecular complexity index is 903. The molecule has 1 aliphatic heterocycles. The highest BCUT2D eigenvalue weighted by molar-refractivity contribution is 5.97. The summed E-state index contributed by atoms with van der Waals surface area (Å²) in [4.78, 5) is 26.6. The maximum atomic E-state index is 12.9. The van der Waals surface area contributed by atoms with Crippen molar-refractivity contribution < 1.29 is 19.1 Å². The molecular formula is C22H24N2O4. The van der Waals surface area contributed by atoms with Gasteiger partial charge in [-0.2, -0.15) is 0 Å². The minimum absolute atomic E-state index is 0.0134. The van der Waals surface area contributed by atoms with Crippen LogP contribution in [0.3, 0.4) is 0 Å². The van der Waals surface area contributed by atoms with Crippen LogP contribution < -0.4 is 14.8 Å². The number of hydrogen-bond acceptors (Lipinski definition) is 4. The zero-order valence-electron chi connectivity index (χ0n) is 16.2. The van der Waals surface area contributed by atoms with Crippen molar-refractivity contribution in [2.45, 2.75) is 25.8 Å². The van der Waals surface area contributed by atoms with Crippen LogP contribution in [0.5, 0.6) is 11.5 Å². The predicted octanol–water partition coefficient (Wildman–Crippen LogP) is 3.25. The zero-order chi connectivity index (χ0) is 19.7. The molecule has 2 aromatic rings. The van der Waals surface area contributed by atoms with Crippen LogP contribution in [0.15, 0.2) is 36.4 Å². The van der Waals surface area contributed by atoms with Gasteiger partial charge in [-0.25, -0.2) is 0 Å². The Hall–Kier alpha value is -3.02. The van der Waals surface area contributed by atoms with Gasteiger partial charge in [0.05, 0.1) is 14.2 Å². The molecule has 1 aliphatic carbocycles. The highest BCUT2D eigenvalue weighted by atomic mass is 16.5. The average molecular weight is 380 g/mol. The number of nitrogens with zero attached hydrogens (tertiary/aromatic N) is 1. The van der Waals surface area contributed by atoms with E-state index in [1.165, 1.54) is 5.56 Å². The van der Waals surface area contributed by atoms with Crippen LogP contribution in [0.1, 0.15) is 34.3 Å².